The van der Waals surface area contributed by atoms with Crippen LogP contribution in [0.5, 0.6) is 0 Å². The molecular formula is C17H27N3O. The van der Waals surface area contributed by atoms with E-state index in [0.717, 1.165) is 26.1 Å². The summed E-state index contributed by atoms with van der Waals surface area (Å²) in [4.78, 5) is 15.7. The van der Waals surface area contributed by atoms with Gasteiger partial charge in [0, 0.05) is 32.7 Å². The minimum atomic E-state index is 0.131. The largest absolute Gasteiger partial charge is 0.326 e. The van der Waals surface area contributed by atoms with Gasteiger partial charge in [0.1, 0.15) is 0 Å². The van der Waals surface area contributed by atoms with E-state index in [0.29, 0.717) is 5.92 Å². The second-order valence-corrected chi connectivity index (χ2v) is 6.33. The summed E-state index contributed by atoms with van der Waals surface area (Å²) in [6.07, 6.45) is 1.11. The predicted octanol–water partition coefficient (Wildman–Crippen LogP) is 2.51. The Morgan fingerprint density at radius 2 is 1.86 bits per heavy atom. The zero-order valence-electron chi connectivity index (χ0n) is 13.6. The maximum Gasteiger partial charge on any atom is 0.319 e. The number of hydrogen-bond donors (Lipinski definition) is 1. The molecule has 1 aromatic carbocycles. The smallest absolute Gasteiger partial charge is 0.319 e. The van der Waals surface area contributed by atoms with Gasteiger partial charge in [-0.25, -0.2) is 4.79 Å². The number of nitrogens with zero attached hydrogens (tertiary/aromatic N) is 2. The van der Waals surface area contributed by atoms with E-state index in [1.807, 2.05) is 19.0 Å². The standard InChI is InChI=1S/C17H27N3O/c1-13(2)11-14-5-7-15(8-6-14)16(18-3)12-20-10-9-19(4)17(20)21/h5-8,13,16,18H,9-12H2,1-4H3. The van der Waals surface area contributed by atoms with Crippen molar-refractivity contribution in [1.29, 1.82) is 0 Å². The minimum Gasteiger partial charge on any atom is -0.326 e. The molecule has 1 heterocycles. The van der Waals surface area contributed by atoms with Crippen molar-refractivity contribution in [2.45, 2.75) is 26.3 Å². The number of rotatable bonds is 6. The van der Waals surface area contributed by atoms with Gasteiger partial charge in [-0.15, -0.1) is 0 Å². The van der Waals surface area contributed by atoms with Crippen LogP contribution in [0.4, 0.5) is 4.79 Å². The lowest BCUT2D eigenvalue weighted by Gasteiger charge is -2.24. The predicted molar refractivity (Wildman–Crippen MR) is 86.4 cm³/mol. The lowest BCUT2D eigenvalue weighted by atomic mass is 9.99. The fourth-order valence-electron chi connectivity index (χ4n) is 2.81. The molecule has 21 heavy (non-hydrogen) atoms. The Morgan fingerprint density at radius 1 is 1.19 bits per heavy atom. The van der Waals surface area contributed by atoms with E-state index >= 15 is 0 Å². The van der Waals surface area contributed by atoms with Gasteiger partial charge in [0.25, 0.3) is 0 Å². The topological polar surface area (TPSA) is 35.6 Å². The van der Waals surface area contributed by atoms with E-state index in [1.54, 1.807) is 4.90 Å². The van der Waals surface area contributed by atoms with Crippen LogP contribution < -0.4 is 5.32 Å². The molecule has 1 aromatic rings. The summed E-state index contributed by atoms with van der Waals surface area (Å²) < 4.78 is 0. The van der Waals surface area contributed by atoms with Crippen molar-refractivity contribution in [3.05, 3.63) is 35.4 Å². The molecule has 2 rings (SSSR count). The van der Waals surface area contributed by atoms with E-state index in [-0.39, 0.29) is 12.1 Å². The number of nitrogens with one attached hydrogen (secondary N) is 1. The Morgan fingerprint density at radius 3 is 2.33 bits per heavy atom. The first-order chi connectivity index (χ1) is 10.0. The molecule has 2 amide bonds. The van der Waals surface area contributed by atoms with Crippen LogP contribution in [0.15, 0.2) is 24.3 Å². The highest BCUT2D eigenvalue weighted by Crippen LogP contribution is 2.18. The molecule has 4 nitrogen and oxygen atoms in total. The van der Waals surface area contributed by atoms with Crippen molar-refractivity contribution in [2.75, 3.05) is 33.7 Å². The van der Waals surface area contributed by atoms with Crippen LogP contribution in [0, 0.1) is 5.92 Å². The number of carbonyl (C=O) groups is 1. The van der Waals surface area contributed by atoms with E-state index in [2.05, 4.69) is 43.4 Å². The summed E-state index contributed by atoms with van der Waals surface area (Å²) in [5.41, 5.74) is 2.62. The highest BCUT2D eigenvalue weighted by molar-refractivity contribution is 5.76. The monoisotopic (exact) mass is 289 g/mol. The molecule has 0 bridgehead atoms. The summed E-state index contributed by atoms with van der Waals surface area (Å²) >= 11 is 0. The van der Waals surface area contributed by atoms with Gasteiger partial charge in [0.05, 0.1) is 0 Å². The zero-order valence-corrected chi connectivity index (χ0v) is 13.6. The van der Waals surface area contributed by atoms with Crippen LogP contribution in [-0.4, -0.2) is 49.6 Å². The Balaban J connectivity index is 2.02. The van der Waals surface area contributed by atoms with Crippen molar-refractivity contribution in [3.63, 3.8) is 0 Å². The maximum absolute atomic E-state index is 12.0. The number of amides is 2. The van der Waals surface area contributed by atoms with Gasteiger partial charge in [-0.1, -0.05) is 38.1 Å². The van der Waals surface area contributed by atoms with E-state index in [9.17, 15) is 4.79 Å². The fraction of sp³-hybridized carbons (Fsp3) is 0.588. The average molecular weight is 289 g/mol. The molecular weight excluding hydrogens is 262 g/mol. The van der Waals surface area contributed by atoms with Crippen LogP contribution in [0.25, 0.3) is 0 Å². The quantitative estimate of drug-likeness (QED) is 0.873. The van der Waals surface area contributed by atoms with Crippen LogP contribution in [-0.2, 0) is 6.42 Å². The van der Waals surface area contributed by atoms with Gasteiger partial charge in [-0.2, -0.15) is 0 Å². The Bertz CT molecular complexity index is 469. The first-order valence-corrected chi connectivity index (χ1v) is 7.77. The number of hydrogen-bond acceptors (Lipinski definition) is 2. The number of urea groups is 1. The Kier molecular flexibility index (Phi) is 5.23. The normalized spacial score (nSPS) is 16.9. The molecule has 1 aliphatic rings. The van der Waals surface area contributed by atoms with Crippen LogP contribution in [0.3, 0.4) is 0 Å². The first-order valence-electron chi connectivity index (χ1n) is 7.77. The molecule has 1 aliphatic heterocycles. The minimum absolute atomic E-state index is 0.131. The van der Waals surface area contributed by atoms with Crippen molar-refractivity contribution >= 4 is 6.03 Å². The summed E-state index contributed by atoms with van der Waals surface area (Å²) in [5.74, 6) is 0.675. The second-order valence-electron chi connectivity index (χ2n) is 6.33. The van der Waals surface area contributed by atoms with E-state index in [4.69, 9.17) is 0 Å². The third-order valence-electron chi connectivity index (χ3n) is 4.08. The Hall–Kier alpha value is -1.55. The van der Waals surface area contributed by atoms with E-state index in [1.165, 1.54) is 11.1 Å². The van der Waals surface area contributed by atoms with Crippen molar-refractivity contribution in [1.82, 2.24) is 15.1 Å². The van der Waals surface area contributed by atoms with Gasteiger partial charge < -0.3 is 15.1 Å². The molecule has 0 radical (unpaired) electrons. The molecule has 1 fully saturated rings. The maximum atomic E-state index is 12.0. The van der Waals surface area contributed by atoms with Gasteiger partial charge in [-0.3, -0.25) is 0 Å². The molecule has 0 spiro atoms. The van der Waals surface area contributed by atoms with Gasteiger partial charge in [-0.05, 0) is 30.5 Å². The number of likely N-dealkylation sites (N-methyl/N-ethyl adjacent to an activating group) is 2. The molecule has 116 valence electrons. The number of benzene rings is 1. The van der Waals surface area contributed by atoms with Gasteiger partial charge >= 0.3 is 6.03 Å². The molecule has 1 N–H and O–H groups in total. The molecule has 1 saturated heterocycles. The van der Waals surface area contributed by atoms with Crippen LogP contribution >= 0.6 is 0 Å². The third kappa shape index (κ3) is 3.97. The van der Waals surface area contributed by atoms with Crippen molar-refractivity contribution in [3.8, 4) is 0 Å². The van der Waals surface area contributed by atoms with Crippen molar-refractivity contribution < 1.29 is 4.79 Å². The Labute approximate surface area is 128 Å². The molecule has 0 aromatic heterocycles. The highest BCUT2D eigenvalue weighted by atomic mass is 16.2. The summed E-state index contributed by atoms with van der Waals surface area (Å²) in [5, 5.41) is 3.33. The molecule has 1 unspecified atom stereocenters. The molecule has 0 aliphatic carbocycles. The highest BCUT2D eigenvalue weighted by Gasteiger charge is 2.27. The zero-order chi connectivity index (χ0) is 15.4. The summed E-state index contributed by atoms with van der Waals surface area (Å²) in [6.45, 7) is 6.84. The van der Waals surface area contributed by atoms with Crippen molar-refractivity contribution in [2.24, 2.45) is 5.92 Å². The summed E-state index contributed by atoms with van der Waals surface area (Å²) in [6, 6.07) is 9.10. The summed E-state index contributed by atoms with van der Waals surface area (Å²) in [7, 11) is 3.81. The SMILES string of the molecule is CNC(CN1CCN(C)C1=O)c1ccc(CC(C)C)cc1. The molecule has 1 atom stereocenters. The lowest BCUT2D eigenvalue weighted by Crippen LogP contribution is -2.36. The first kappa shape index (κ1) is 15.8. The fourth-order valence-corrected chi connectivity index (χ4v) is 2.81. The van der Waals surface area contributed by atoms with Crippen LogP contribution in [0.1, 0.15) is 31.0 Å². The van der Waals surface area contributed by atoms with Crippen LogP contribution in [0.2, 0.25) is 0 Å². The third-order valence-corrected chi connectivity index (χ3v) is 4.08. The van der Waals surface area contributed by atoms with E-state index < -0.39 is 0 Å². The lowest BCUT2D eigenvalue weighted by molar-refractivity contribution is 0.194. The second kappa shape index (κ2) is 6.94. The molecule has 4 heteroatoms. The molecule has 0 saturated carbocycles. The van der Waals surface area contributed by atoms with Gasteiger partial charge in [0.2, 0.25) is 0 Å². The average Bonchev–Trinajstić information content (AvgIpc) is 2.77. The number of carbonyl (C=O) groups excluding carboxylic acids is 1. The van der Waals surface area contributed by atoms with Gasteiger partial charge in [0.15, 0.2) is 0 Å².